The van der Waals surface area contributed by atoms with Gasteiger partial charge >= 0.3 is 0 Å². The first-order valence-electron chi connectivity index (χ1n) is 4.65. The van der Waals surface area contributed by atoms with Crippen LogP contribution in [0.2, 0.25) is 5.02 Å². The van der Waals surface area contributed by atoms with Crippen LogP contribution in [-0.2, 0) is 0 Å². The highest BCUT2D eigenvalue weighted by molar-refractivity contribution is 6.30. The fraction of sp³-hybridized carbons (Fsp3) is 0.0833. The molecule has 0 radical (unpaired) electrons. The monoisotopic (exact) mass is 218 g/mol. The Morgan fingerprint density at radius 1 is 1.20 bits per heavy atom. The van der Waals surface area contributed by atoms with Gasteiger partial charge in [-0.05, 0) is 42.3 Å². The van der Waals surface area contributed by atoms with Crippen LogP contribution >= 0.6 is 11.6 Å². The van der Waals surface area contributed by atoms with Gasteiger partial charge in [0.25, 0.3) is 0 Å². The highest BCUT2D eigenvalue weighted by Crippen LogP contribution is 2.25. The second kappa shape index (κ2) is 3.91. The number of rotatable bonds is 1. The van der Waals surface area contributed by atoms with Crippen molar-refractivity contribution in [3.63, 3.8) is 0 Å². The van der Waals surface area contributed by atoms with E-state index in [1.165, 1.54) is 0 Å². The molecule has 0 unspecified atom stereocenters. The number of nitrogens with two attached hydrogens (primary N) is 1. The number of hydrogen-bond acceptors (Lipinski definition) is 2. The summed E-state index contributed by atoms with van der Waals surface area (Å²) in [4.78, 5) is 4.06. The molecule has 0 aliphatic heterocycles. The SMILES string of the molecule is Cc1cc(Cl)ccc1-c1ccc(N)nc1. The summed E-state index contributed by atoms with van der Waals surface area (Å²) in [6.45, 7) is 2.03. The standard InChI is InChI=1S/C12H11ClN2/c1-8-6-10(13)3-4-11(8)9-2-5-12(14)15-7-9/h2-7H,1H3,(H2,14,15). The number of halogens is 1. The summed E-state index contributed by atoms with van der Waals surface area (Å²) in [5, 5.41) is 0.750. The van der Waals surface area contributed by atoms with Gasteiger partial charge in [-0.25, -0.2) is 4.98 Å². The van der Waals surface area contributed by atoms with Crippen molar-refractivity contribution in [2.24, 2.45) is 0 Å². The van der Waals surface area contributed by atoms with Gasteiger partial charge in [0.05, 0.1) is 0 Å². The van der Waals surface area contributed by atoms with E-state index < -0.39 is 0 Å². The predicted molar refractivity (Wildman–Crippen MR) is 63.8 cm³/mol. The fourth-order valence-corrected chi connectivity index (χ4v) is 1.74. The van der Waals surface area contributed by atoms with Crippen molar-refractivity contribution < 1.29 is 0 Å². The van der Waals surface area contributed by atoms with Crippen molar-refractivity contribution in [2.45, 2.75) is 6.92 Å². The van der Waals surface area contributed by atoms with Gasteiger partial charge in [-0.2, -0.15) is 0 Å². The second-order valence-electron chi connectivity index (χ2n) is 3.43. The van der Waals surface area contributed by atoms with Gasteiger partial charge in [-0.3, -0.25) is 0 Å². The third-order valence-electron chi connectivity index (χ3n) is 2.29. The molecule has 0 saturated heterocycles. The molecule has 1 aromatic carbocycles. The molecule has 15 heavy (non-hydrogen) atoms. The van der Waals surface area contributed by atoms with Crippen LogP contribution in [0.3, 0.4) is 0 Å². The number of anilines is 1. The summed E-state index contributed by atoms with van der Waals surface area (Å²) in [7, 11) is 0. The largest absolute Gasteiger partial charge is 0.384 e. The van der Waals surface area contributed by atoms with E-state index in [0.717, 1.165) is 21.7 Å². The van der Waals surface area contributed by atoms with Crippen molar-refractivity contribution in [1.82, 2.24) is 4.98 Å². The van der Waals surface area contributed by atoms with Crippen molar-refractivity contribution >= 4 is 17.4 Å². The number of benzene rings is 1. The average molecular weight is 219 g/mol. The molecule has 1 aromatic heterocycles. The number of pyridine rings is 1. The lowest BCUT2D eigenvalue weighted by molar-refractivity contribution is 1.33. The zero-order valence-electron chi connectivity index (χ0n) is 8.37. The Hall–Kier alpha value is -1.54. The number of nitrogen functional groups attached to an aromatic ring is 1. The van der Waals surface area contributed by atoms with Gasteiger partial charge in [-0.1, -0.05) is 17.7 Å². The maximum Gasteiger partial charge on any atom is 0.123 e. The second-order valence-corrected chi connectivity index (χ2v) is 3.87. The first kappa shape index (κ1) is 9.99. The zero-order chi connectivity index (χ0) is 10.8. The van der Waals surface area contributed by atoms with E-state index in [2.05, 4.69) is 4.98 Å². The quantitative estimate of drug-likeness (QED) is 0.798. The maximum absolute atomic E-state index is 5.89. The Kier molecular flexibility index (Phi) is 2.60. The van der Waals surface area contributed by atoms with Gasteiger partial charge in [0.15, 0.2) is 0 Å². The van der Waals surface area contributed by atoms with Crippen LogP contribution in [0.15, 0.2) is 36.5 Å². The number of nitrogens with zero attached hydrogens (tertiary/aromatic N) is 1. The van der Waals surface area contributed by atoms with Gasteiger partial charge in [0.2, 0.25) is 0 Å². The summed E-state index contributed by atoms with van der Waals surface area (Å²) in [5.41, 5.74) is 8.85. The van der Waals surface area contributed by atoms with Crippen LogP contribution in [0, 0.1) is 6.92 Å². The minimum atomic E-state index is 0.533. The first-order valence-corrected chi connectivity index (χ1v) is 5.02. The van der Waals surface area contributed by atoms with E-state index in [1.807, 2.05) is 31.2 Å². The number of aromatic nitrogens is 1. The van der Waals surface area contributed by atoms with Crippen LogP contribution in [0.4, 0.5) is 5.82 Å². The normalized spacial score (nSPS) is 10.3. The van der Waals surface area contributed by atoms with E-state index in [0.29, 0.717) is 5.82 Å². The van der Waals surface area contributed by atoms with Crippen molar-refractivity contribution in [3.05, 3.63) is 47.1 Å². The predicted octanol–water partition coefficient (Wildman–Crippen LogP) is 3.29. The molecule has 2 rings (SSSR count). The maximum atomic E-state index is 5.89. The summed E-state index contributed by atoms with van der Waals surface area (Å²) < 4.78 is 0. The Labute approximate surface area is 93.7 Å². The number of aryl methyl sites for hydroxylation is 1. The van der Waals surface area contributed by atoms with Crippen LogP contribution in [0.5, 0.6) is 0 Å². The molecule has 2 nitrogen and oxygen atoms in total. The molecular weight excluding hydrogens is 208 g/mol. The van der Waals surface area contributed by atoms with Crippen molar-refractivity contribution in [3.8, 4) is 11.1 Å². The summed E-state index contributed by atoms with van der Waals surface area (Å²) >= 11 is 5.89. The molecule has 1 heterocycles. The Morgan fingerprint density at radius 3 is 2.60 bits per heavy atom. The Bertz CT molecular complexity index is 477. The molecule has 0 saturated carbocycles. The molecule has 2 N–H and O–H groups in total. The van der Waals surface area contributed by atoms with E-state index in [-0.39, 0.29) is 0 Å². The Balaban J connectivity index is 2.49. The van der Waals surface area contributed by atoms with E-state index >= 15 is 0 Å². The molecule has 76 valence electrons. The smallest absolute Gasteiger partial charge is 0.123 e. The fourth-order valence-electron chi connectivity index (χ4n) is 1.52. The minimum absolute atomic E-state index is 0.533. The molecule has 0 atom stereocenters. The topological polar surface area (TPSA) is 38.9 Å². The summed E-state index contributed by atoms with van der Waals surface area (Å²) in [5.74, 6) is 0.533. The first-order chi connectivity index (χ1) is 7.16. The molecule has 2 aromatic rings. The third-order valence-corrected chi connectivity index (χ3v) is 2.52. The third kappa shape index (κ3) is 2.10. The van der Waals surface area contributed by atoms with Crippen LogP contribution < -0.4 is 5.73 Å². The van der Waals surface area contributed by atoms with Crippen LogP contribution in [-0.4, -0.2) is 4.98 Å². The molecule has 0 aliphatic carbocycles. The zero-order valence-corrected chi connectivity index (χ0v) is 9.12. The van der Waals surface area contributed by atoms with Crippen LogP contribution in [0.25, 0.3) is 11.1 Å². The highest BCUT2D eigenvalue weighted by Gasteiger charge is 2.02. The molecular formula is C12H11ClN2. The summed E-state index contributed by atoms with van der Waals surface area (Å²) in [6, 6.07) is 9.56. The van der Waals surface area contributed by atoms with E-state index in [4.69, 9.17) is 17.3 Å². The molecule has 0 spiro atoms. The summed E-state index contributed by atoms with van der Waals surface area (Å²) in [6.07, 6.45) is 1.77. The molecule has 0 bridgehead atoms. The average Bonchev–Trinajstić information content (AvgIpc) is 2.20. The molecule has 3 heteroatoms. The lowest BCUT2D eigenvalue weighted by atomic mass is 10.0. The van der Waals surface area contributed by atoms with Gasteiger partial charge in [0.1, 0.15) is 5.82 Å². The molecule has 0 amide bonds. The lowest BCUT2D eigenvalue weighted by Crippen LogP contribution is -1.90. The van der Waals surface area contributed by atoms with Crippen LogP contribution in [0.1, 0.15) is 5.56 Å². The van der Waals surface area contributed by atoms with Gasteiger partial charge in [0, 0.05) is 16.8 Å². The lowest BCUT2D eigenvalue weighted by Gasteiger charge is -2.06. The Morgan fingerprint density at radius 2 is 2.00 bits per heavy atom. The molecule has 0 fully saturated rings. The van der Waals surface area contributed by atoms with Gasteiger partial charge in [-0.15, -0.1) is 0 Å². The van der Waals surface area contributed by atoms with Crippen molar-refractivity contribution in [1.29, 1.82) is 0 Å². The molecule has 0 aliphatic rings. The van der Waals surface area contributed by atoms with E-state index in [1.54, 1.807) is 12.3 Å². The van der Waals surface area contributed by atoms with Crippen molar-refractivity contribution in [2.75, 3.05) is 5.73 Å². The van der Waals surface area contributed by atoms with E-state index in [9.17, 15) is 0 Å². The number of hydrogen-bond donors (Lipinski definition) is 1. The highest BCUT2D eigenvalue weighted by atomic mass is 35.5. The van der Waals surface area contributed by atoms with Gasteiger partial charge < -0.3 is 5.73 Å². The minimum Gasteiger partial charge on any atom is -0.384 e.